The van der Waals surface area contributed by atoms with Gasteiger partial charge in [-0.05, 0) is 56.3 Å². The van der Waals surface area contributed by atoms with Gasteiger partial charge in [0.25, 0.3) is 0 Å². The van der Waals surface area contributed by atoms with Crippen molar-refractivity contribution in [3.63, 3.8) is 0 Å². The normalized spacial score (nSPS) is 12.5. The molecular weight excluding hydrogens is 244 g/mol. The Labute approximate surface area is 112 Å². The zero-order valence-electron chi connectivity index (χ0n) is 11.3. The molecule has 0 amide bonds. The Bertz CT molecular complexity index is 593. The largest absolute Gasteiger partial charge is 0.313 e. The molecule has 1 nitrogen and oxygen atoms in total. The highest BCUT2D eigenvalue weighted by atomic mass is 19.1. The lowest BCUT2D eigenvalue weighted by molar-refractivity contribution is 0.615. The van der Waals surface area contributed by atoms with E-state index in [2.05, 4.69) is 5.32 Å². The van der Waals surface area contributed by atoms with E-state index in [1.807, 2.05) is 20.9 Å². The Kier molecular flexibility index (Phi) is 3.96. The maximum atomic E-state index is 14.0. The molecule has 0 saturated heterocycles. The van der Waals surface area contributed by atoms with Crippen LogP contribution in [0.5, 0.6) is 0 Å². The van der Waals surface area contributed by atoms with Crippen LogP contribution < -0.4 is 5.32 Å². The molecule has 1 N–H and O–H groups in total. The molecule has 0 aliphatic carbocycles. The first-order chi connectivity index (χ1) is 9.02. The first kappa shape index (κ1) is 13.7. The average molecular weight is 261 g/mol. The predicted octanol–water partition coefficient (Wildman–Crippen LogP) is 4.22. The van der Waals surface area contributed by atoms with E-state index < -0.39 is 0 Å². The van der Waals surface area contributed by atoms with Crippen LogP contribution >= 0.6 is 0 Å². The summed E-state index contributed by atoms with van der Waals surface area (Å²) in [6.45, 7) is 3.86. The van der Waals surface area contributed by atoms with E-state index >= 15 is 0 Å². The Balaban J connectivity index is 2.66. The van der Waals surface area contributed by atoms with Crippen molar-refractivity contribution in [1.29, 1.82) is 0 Å². The molecule has 0 spiro atoms. The molecule has 0 saturated carbocycles. The van der Waals surface area contributed by atoms with Gasteiger partial charge in [0.05, 0.1) is 0 Å². The second-order valence-electron chi connectivity index (χ2n) is 4.73. The van der Waals surface area contributed by atoms with Gasteiger partial charge in [-0.25, -0.2) is 8.78 Å². The average Bonchev–Trinajstić information content (AvgIpc) is 2.40. The van der Waals surface area contributed by atoms with Crippen molar-refractivity contribution in [2.45, 2.75) is 19.9 Å². The lowest BCUT2D eigenvalue weighted by Crippen LogP contribution is -2.13. The van der Waals surface area contributed by atoms with E-state index in [0.717, 1.165) is 11.1 Å². The van der Waals surface area contributed by atoms with Gasteiger partial charge in [0.1, 0.15) is 11.6 Å². The van der Waals surface area contributed by atoms with Crippen LogP contribution in [0.1, 0.15) is 24.1 Å². The van der Waals surface area contributed by atoms with Gasteiger partial charge in [-0.3, -0.25) is 0 Å². The summed E-state index contributed by atoms with van der Waals surface area (Å²) in [5, 5.41) is 3.10. The molecule has 2 rings (SSSR count). The van der Waals surface area contributed by atoms with E-state index in [4.69, 9.17) is 0 Å². The standard InChI is InChI=1S/C16H17F2N/c1-10-4-7-16(18)15(8-10)14-9-12(17)5-6-13(14)11(2)19-3/h4-9,11,19H,1-3H3. The van der Waals surface area contributed by atoms with Crippen LogP contribution in [0.2, 0.25) is 0 Å². The summed E-state index contributed by atoms with van der Waals surface area (Å²) < 4.78 is 27.5. The van der Waals surface area contributed by atoms with Crippen LogP contribution in [0.4, 0.5) is 8.78 Å². The van der Waals surface area contributed by atoms with Crippen molar-refractivity contribution in [3.8, 4) is 11.1 Å². The molecule has 2 aromatic rings. The van der Waals surface area contributed by atoms with Crippen molar-refractivity contribution >= 4 is 0 Å². The molecular formula is C16H17F2N. The minimum Gasteiger partial charge on any atom is -0.313 e. The number of rotatable bonds is 3. The summed E-state index contributed by atoms with van der Waals surface area (Å²) in [6.07, 6.45) is 0. The predicted molar refractivity (Wildman–Crippen MR) is 74.0 cm³/mol. The van der Waals surface area contributed by atoms with Crippen molar-refractivity contribution in [2.24, 2.45) is 0 Å². The Hall–Kier alpha value is -1.74. The fourth-order valence-electron chi connectivity index (χ4n) is 2.14. The molecule has 0 radical (unpaired) electrons. The SMILES string of the molecule is CNC(C)c1ccc(F)cc1-c1cc(C)ccc1F. The molecule has 100 valence electrons. The number of nitrogens with one attached hydrogen (secondary N) is 1. The van der Waals surface area contributed by atoms with E-state index in [-0.39, 0.29) is 17.7 Å². The smallest absolute Gasteiger partial charge is 0.131 e. The summed E-state index contributed by atoms with van der Waals surface area (Å²) in [4.78, 5) is 0. The van der Waals surface area contributed by atoms with Gasteiger partial charge in [-0.1, -0.05) is 17.7 Å². The number of halogens is 2. The van der Waals surface area contributed by atoms with Crippen LogP contribution in [0, 0.1) is 18.6 Å². The van der Waals surface area contributed by atoms with E-state index in [0.29, 0.717) is 11.1 Å². The Morgan fingerprint density at radius 1 is 1.00 bits per heavy atom. The highest BCUT2D eigenvalue weighted by Gasteiger charge is 2.14. The maximum Gasteiger partial charge on any atom is 0.131 e. The molecule has 0 aliphatic heterocycles. The molecule has 3 heteroatoms. The molecule has 1 atom stereocenters. The van der Waals surface area contributed by atoms with E-state index in [1.165, 1.54) is 18.2 Å². The van der Waals surface area contributed by atoms with Crippen LogP contribution in [0.25, 0.3) is 11.1 Å². The number of aryl methyl sites for hydroxylation is 1. The van der Waals surface area contributed by atoms with Gasteiger partial charge in [0.15, 0.2) is 0 Å². The molecule has 0 aliphatic rings. The van der Waals surface area contributed by atoms with Crippen molar-refractivity contribution < 1.29 is 8.78 Å². The summed E-state index contributed by atoms with van der Waals surface area (Å²) in [5.74, 6) is -0.691. The van der Waals surface area contributed by atoms with Crippen LogP contribution in [-0.2, 0) is 0 Å². The topological polar surface area (TPSA) is 12.0 Å². The third-order valence-corrected chi connectivity index (χ3v) is 3.33. The van der Waals surface area contributed by atoms with Crippen LogP contribution in [-0.4, -0.2) is 7.05 Å². The van der Waals surface area contributed by atoms with Gasteiger partial charge in [0, 0.05) is 11.6 Å². The lowest BCUT2D eigenvalue weighted by atomic mass is 9.94. The lowest BCUT2D eigenvalue weighted by Gasteiger charge is -2.17. The highest BCUT2D eigenvalue weighted by molar-refractivity contribution is 5.69. The number of hydrogen-bond donors (Lipinski definition) is 1. The van der Waals surface area contributed by atoms with Gasteiger partial charge in [0.2, 0.25) is 0 Å². The molecule has 1 unspecified atom stereocenters. The van der Waals surface area contributed by atoms with Gasteiger partial charge in [-0.15, -0.1) is 0 Å². The molecule has 2 aromatic carbocycles. The van der Waals surface area contributed by atoms with Crippen molar-refractivity contribution in [3.05, 3.63) is 59.2 Å². The van der Waals surface area contributed by atoms with E-state index in [1.54, 1.807) is 18.2 Å². The third kappa shape index (κ3) is 2.82. The number of hydrogen-bond acceptors (Lipinski definition) is 1. The van der Waals surface area contributed by atoms with Crippen molar-refractivity contribution in [1.82, 2.24) is 5.32 Å². The van der Waals surface area contributed by atoms with Crippen LogP contribution in [0.3, 0.4) is 0 Å². The van der Waals surface area contributed by atoms with Gasteiger partial charge < -0.3 is 5.32 Å². The highest BCUT2D eigenvalue weighted by Crippen LogP contribution is 2.31. The molecule has 0 fully saturated rings. The summed E-state index contributed by atoms with van der Waals surface area (Å²) in [6, 6.07) is 9.39. The summed E-state index contributed by atoms with van der Waals surface area (Å²) >= 11 is 0. The zero-order valence-corrected chi connectivity index (χ0v) is 11.3. The van der Waals surface area contributed by atoms with Crippen LogP contribution in [0.15, 0.2) is 36.4 Å². The first-order valence-electron chi connectivity index (χ1n) is 6.26. The molecule has 0 bridgehead atoms. The fourth-order valence-corrected chi connectivity index (χ4v) is 2.14. The number of benzene rings is 2. The summed E-state index contributed by atoms with van der Waals surface area (Å²) in [7, 11) is 1.82. The minimum atomic E-state index is -0.358. The zero-order chi connectivity index (χ0) is 14.0. The van der Waals surface area contributed by atoms with Crippen molar-refractivity contribution in [2.75, 3.05) is 7.05 Å². The third-order valence-electron chi connectivity index (χ3n) is 3.33. The summed E-state index contributed by atoms with van der Waals surface area (Å²) in [5.41, 5.74) is 2.87. The quantitative estimate of drug-likeness (QED) is 0.872. The Morgan fingerprint density at radius 2 is 1.74 bits per heavy atom. The second-order valence-corrected chi connectivity index (χ2v) is 4.73. The second kappa shape index (κ2) is 5.49. The van der Waals surface area contributed by atoms with Gasteiger partial charge in [-0.2, -0.15) is 0 Å². The molecule has 0 heterocycles. The molecule has 19 heavy (non-hydrogen) atoms. The first-order valence-corrected chi connectivity index (χ1v) is 6.26. The van der Waals surface area contributed by atoms with E-state index in [9.17, 15) is 8.78 Å². The van der Waals surface area contributed by atoms with Gasteiger partial charge >= 0.3 is 0 Å². The minimum absolute atomic E-state index is 0.0236. The monoisotopic (exact) mass is 261 g/mol. The molecule has 0 aromatic heterocycles. The Morgan fingerprint density at radius 3 is 2.42 bits per heavy atom. The fraction of sp³-hybridized carbons (Fsp3) is 0.250. The maximum absolute atomic E-state index is 14.0.